The van der Waals surface area contributed by atoms with Crippen LogP contribution in [0, 0.1) is 6.92 Å². The highest BCUT2D eigenvalue weighted by molar-refractivity contribution is 5.79. The maximum absolute atomic E-state index is 12.7. The van der Waals surface area contributed by atoms with Gasteiger partial charge >= 0.3 is 6.09 Å². The number of anilines is 1. The number of hydrogen-bond acceptors (Lipinski definition) is 5. The first-order valence-electron chi connectivity index (χ1n) is 9.70. The van der Waals surface area contributed by atoms with Gasteiger partial charge in [-0.1, -0.05) is 12.1 Å². The van der Waals surface area contributed by atoms with Crippen LogP contribution in [0.25, 0.3) is 0 Å². The van der Waals surface area contributed by atoms with Crippen molar-refractivity contribution >= 4 is 17.7 Å². The van der Waals surface area contributed by atoms with Gasteiger partial charge in [0.1, 0.15) is 0 Å². The third-order valence-electron chi connectivity index (χ3n) is 5.91. The van der Waals surface area contributed by atoms with Crippen LogP contribution in [0.15, 0.2) is 24.3 Å². The molecule has 4 rings (SSSR count). The van der Waals surface area contributed by atoms with Crippen LogP contribution in [0.2, 0.25) is 0 Å². The van der Waals surface area contributed by atoms with Crippen molar-refractivity contribution in [1.29, 1.82) is 0 Å². The van der Waals surface area contributed by atoms with Gasteiger partial charge in [-0.3, -0.25) is 9.69 Å². The maximum Gasteiger partial charge on any atom is 0.410 e. The van der Waals surface area contributed by atoms with Gasteiger partial charge in [0.05, 0.1) is 19.6 Å². The fourth-order valence-corrected chi connectivity index (χ4v) is 4.34. The van der Waals surface area contributed by atoms with Crippen molar-refractivity contribution in [1.82, 2.24) is 14.7 Å². The molecule has 1 unspecified atom stereocenters. The zero-order valence-corrected chi connectivity index (χ0v) is 16.2. The van der Waals surface area contributed by atoms with Gasteiger partial charge in [-0.15, -0.1) is 0 Å². The average molecular weight is 372 g/mol. The highest BCUT2D eigenvalue weighted by atomic mass is 16.6. The number of ether oxygens (including phenoxy) is 1. The van der Waals surface area contributed by atoms with Gasteiger partial charge in [0.25, 0.3) is 0 Å². The van der Waals surface area contributed by atoms with Gasteiger partial charge in [0.15, 0.2) is 5.60 Å². The molecule has 7 nitrogen and oxygen atoms in total. The van der Waals surface area contributed by atoms with E-state index in [4.69, 9.17) is 4.74 Å². The molecule has 3 saturated heterocycles. The third-order valence-corrected chi connectivity index (χ3v) is 5.91. The first-order valence-corrected chi connectivity index (χ1v) is 9.70. The summed E-state index contributed by atoms with van der Waals surface area (Å²) >= 11 is 0. The monoisotopic (exact) mass is 372 g/mol. The van der Waals surface area contributed by atoms with E-state index in [9.17, 15) is 9.59 Å². The molecular formula is C20H28N4O3. The lowest BCUT2D eigenvalue weighted by Crippen LogP contribution is -2.50. The number of amides is 2. The molecule has 2 amide bonds. The molecule has 1 atom stereocenters. The Morgan fingerprint density at radius 2 is 1.93 bits per heavy atom. The zero-order valence-electron chi connectivity index (χ0n) is 16.2. The predicted molar refractivity (Wildman–Crippen MR) is 103 cm³/mol. The Morgan fingerprint density at radius 1 is 1.15 bits per heavy atom. The Labute approximate surface area is 160 Å². The second kappa shape index (κ2) is 7.03. The van der Waals surface area contributed by atoms with Crippen molar-refractivity contribution in [3.05, 3.63) is 29.8 Å². The summed E-state index contributed by atoms with van der Waals surface area (Å²) in [5.41, 5.74) is 2.03. The zero-order chi connectivity index (χ0) is 19.0. The molecule has 3 aliphatic heterocycles. The molecule has 3 heterocycles. The summed E-state index contributed by atoms with van der Waals surface area (Å²) in [6.07, 6.45) is 0.451. The summed E-state index contributed by atoms with van der Waals surface area (Å²) in [5.74, 6) is 0.140. The summed E-state index contributed by atoms with van der Waals surface area (Å²) in [6, 6.07) is 8.57. The van der Waals surface area contributed by atoms with E-state index < -0.39 is 5.60 Å². The minimum absolute atomic E-state index is 0.140. The summed E-state index contributed by atoms with van der Waals surface area (Å²) < 4.78 is 5.54. The lowest BCUT2D eigenvalue weighted by Gasteiger charge is -2.36. The van der Waals surface area contributed by atoms with Crippen LogP contribution < -0.4 is 4.90 Å². The van der Waals surface area contributed by atoms with Gasteiger partial charge in [-0.2, -0.15) is 0 Å². The first-order chi connectivity index (χ1) is 12.9. The maximum atomic E-state index is 12.7. The molecule has 0 radical (unpaired) electrons. The molecule has 3 aliphatic rings. The number of carbonyl (C=O) groups is 2. The van der Waals surface area contributed by atoms with Crippen LogP contribution in [0.5, 0.6) is 0 Å². The first kappa shape index (κ1) is 18.1. The van der Waals surface area contributed by atoms with Crippen LogP contribution in [0.4, 0.5) is 10.5 Å². The molecule has 3 fully saturated rings. The van der Waals surface area contributed by atoms with Gasteiger partial charge in [-0.05, 0) is 24.6 Å². The second-order valence-electron chi connectivity index (χ2n) is 8.07. The predicted octanol–water partition coefficient (Wildman–Crippen LogP) is 1.17. The van der Waals surface area contributed by atoms with Crippen molar-refractivity contribution < 1.29 is 14.3 Å². The van der Waals surface area contributed by atoms with Crippen molar-refractivity contribution in [2.45, 2.75) is 18.9 Å². The molecule has 1 aromatic carbocycles. The second-order valence-corrected chi connectivity index (χ2v) is 8.07. The quantitative estimate of drug-likeness (QED) is 0.797. The molecule has 7 heteroatoms. The average Bonchev–Trinajstić information content (AvgIpc) is 3.18. The Balaban J connectivity index is 1.27. The Kier molecular flexibility index (Phi) is 4.72. The van der Waals surface area contributed by atoms with Crippen molar-refractivity contribution in [2.24, 2.45) is 0 Å². The van der Waals surface area contributed by atoms with Crippen molar-refractivity contribution in [2.75, 3.05) is 64.3 Å². The molecule has 1 spiro atoms. The van der Waals surface area contributed by atoms with Gasteiger partial charge < -0.3 is 19.4 Å². The normalized spacial score (nSPS) is 26.1. The number of likely N-dealkylation sites (tertiary alicyclic amines) is 1. The Bertz CT molecular complexity index is 732. The number of nitrogens with zero attached hydrogens (tertiary/aromatic N) is 4. The van der Waals surface area contributed by atoms with Crippen molar-refractivity contribution in [3.63, 3.8) is 0 Å². The topological polar surface area (TPSA) is 56.3 Å². The fourth-order valence-electron chi connectivity index (χ4n) is 4.34. The number of benzene rings is 1. The number of likely N-dealkylation sites (N-methyl/N-ethyl adjacent to an activating group) is 1. The van der Waals surface area contributed by atoms with Crippen LogP contribution in [0.1, 0.15) is 12.0 Å². The number of rotatable bonds is 3. The van der Waals surface area contributed by atoms with E-state index in [0.717, 1.165) is 32.6 Å². The summed E-state index contributed by atoms with van der Waals surface area (Å²) in [4.78, 5) is 32.5. The van der Waals surface area contributed by atoms with E-state index in [0.29, 0.717) is 26.2 Å². The van der Waals surface area contributed by atoms with Gasteiger partial charge in [0, 0.05) is 51.9 Å². The van der Waals surface area contributed by atoms with Crippen LogP contribution in [-0.4, -0.2) is 91.7 Å². The molecule has 0 N–H and O–H groups in total. The van der Waals surface area contributed by atoms with Crippen LogP contribution >= 0.6 is 0 Å². The summed E-state index contributed by atoms with van der Waals surface area (Å²) in [7, 11) is 1.75. The minimum atomic E-state index is -0.495. The lowest BCUT2D eigenvalue weighted by atomic mass is 10.0. The van der Waals surface area contributed by atoms with E-state index >= 15 is 0 Å². The molecule has 0 saturated carbocycles. The van der Waals surface area contributed by atoms with Crippen LogP contribution in [-0.2, 0) is 9.53 Å². The van der Waals surface area contributed by atoms with E-state index in [1.54, 1.807) is 11.9 Å². The molecule has 27 heavy (non-hydrogen) atoms. The van der Waals surface area contributed by atoms with E-state index in [2.05, 4.69) is 41.0 Å². The molecule has 146 valence electrons. The smallest absolute Gasteiger partial charge is 0.410 e. The number of piperazine rings is 1. The number of carbonyl (C=O) groups excluding carboxylic acids is 2. The third kappa shape index (κ3) is 3.74. The Hall–Kier alpha value is -2.28. The number of hydrogen-bond donors (Lipinski definition) is 0. The van der Waals surface area contributed by atoms with Crippen LogP contribution in [0.3, 0.4) is 0 Å². The highest BCUT2D eigenvalue weighted by Gasteiger charge is 2.49. The fraction of sp³-hybridized carbons (Fsp3) is 0.600. The van der Waals surface area contributed by atoms with E-state index in [1.807, 2.05) is 4.90 Å². The SMILES string of the molecule is Cc1cccc(N2CCN(CC(=O)N3CCC4(CN(C)C(=O)O4)C3)CC2)c1. The largest absolute Gasteiger partial charge is 0.439 e. The van der Waals surface area contributed by atoms with E-state index in [-0.39, 0.29) is 12.0 Å². The van der Waals surface area contributed by atoms with Gasteiger partial charge in [-0.25, -0.2) is 4.79 Å². The molecule has 0 aliphatic carbocycles. The molecule has 1 aromatic rings. The molecule has 0 aromatic heterocycles. The number of aryl methyl sites for hydroxylation is 1. The molecular weight excluding hydrogens is 344 g/mol. The lowest BCUT2D eigenvalue weighted by molar-refractivity contribution is -0.132. The standard InChI is InChI=1S/C20H28N4O3/c1-16-4-3-5-17(12-16)23-10-8-22(9-11-23)13-18(25)24-7-6-20(15-24)14-21(2)19(26)27-20/h3-5,12H,6-11,13-15H2,1-2H3. The summed E-state index contributed by atoms with van der Waals surface area (Å²) in [5, 5.41) is 0. The highest BCUT2D eigenvalue weighted by Crippen LogP contribution is 2.31. The minimum Gasteiger partial charge on any atom is -0.439 e. The molecule has 0 bridgehead atoms. The van der Waals surface area contributed by atoms with E-state index in [1.165, 1.54) is 11.3 Å². The van der Waals surface area contributed by atoms with Crippen molar-refractivity contribution in [3.8, 4) is 0 Å². The van der Waals surface area contributed by atoms with Gasteiger partial charge in [0.2, 0.25) is 5.91 Å². The Morgan fingerprint density at radius 3 is 2.59 bits per heavy atom. The summed E-state index contributed by atoms with van der Waals surface area (Å²) in [6.45, 7) is 7.96.